The predicted molar refractivity (Wildman–Crippen MR) is 75.1 cm³/mol. The van der Waals surface area contributed by atoms with Gasteiger partial charge in [-0.25, -0.2) is 4.79 Å². The van der Waals surface area contributed by atoms with Crippen LogP contribution in [0.4, 0.5) is 5.69 Å². The third kappa shape index (κ3) is 4.28. The molecule has 0 atom stereocenters. The monoisotopic (exact) mass is 272 g/mol. The Balaban J connectivity index is 1.77. The van der Waals surface area contributed by atoms with E-state index in [0.717, 1.165) is 5.69 Å². The summed E-state index contributed by atoms with van der Waals surface area (Å²) < 4.78 is 10.4. The van der Waals surface area contributed by atoms with E-state index in [0.29, 0.717) is 17.1 Å². The summed E-state index contributed by atoms with van der Waals surface area (Å²) in [6.07, 6.45) is 0. The van der Waals surface area contributed by atoms with E-state index in [1.807, 2.05) is 19.1 Å². The third-order valence-electron chi connectivity index (χ3n) is 2.56. The lowest BCUT2D eigenvalue weighted by atomic mass is 10.3. The largest absolute Gasteiger partial charge is 0.482 e. The average molecular weight is 272 g/mol. The smallest absolute Gasteiger partial charge is 0.344 e. The zero-order valence-electron chi connectivity index (χ0n) is 11.2. The van der Waals surface area contributed by atoms with Crippen molar-refractivity contribution in [2.75, 3.05) is 12.3 Å². The minimum Gasteiger partial charge on any atom is -0.482 e. The van der Waals surface area contributed by atoms with Crippen LogP contribution in [0.2, 0.25) is 0 Å². The lowest BCUT2D eigenvalue weighted by Gasteiger charge is -2.07. The molecule has 1 aromatic heterocycles. The maximum Gasteiger partial charge on any atom is 0.344 e. The Morgan fingerprint density at radius 2 is 1.95 bits per heavy atom. The minimum absolute atomic E-state index is 0.143. The number of carbonyl (C=O) groups excluding carboxylic acids is 1. The van der Waals surface area contributed by atoms with Crippen LogP contribution in [0.15, 0.2) is 42.5 Å². The summed E-state index contributed by atoms with van der Waals surface area (Å²) in [4.78, 5) is 15.8. The molecular formula is C15H16N2O3. The second kappa shape index (κ2) is 6.56. The Labute approximate surface area is 117 Å². The lowest BCUT2D eigenvalue weighted by Crippen LogP contribution is -2.15. The van der Waals surface area contributed by atoms with Crippen molar-refractivity contribution >= 4 is 11.7 Å². The van der Waals surface area contributed by atoms with Crippen LogP contribution in [0.25, 0.3) is 0 Å². The molecule has 2 N–H and O–H groups in total. The molecule has 2 rings (SSSR count). The number of hydrogen-bond donors (Lipinski definition) is 1. The molecule has 0 radical (unpaired) electrons. The zero-order valence-corrected chi connectivity index (χ0v) is 11.2. The topological polar surface area (TPSA) is 74.4 Å². The molecule has 5 heteroatoms. The van der Waals surface area contributed by atoms with Crippen molar-refractivity contribution in [3.63, 3.8) is 0 Å². The molecule has 0 saturated carbocycles. The van der Waals surface area contributed by atoms with Gasteiger partial charge in [0, 0.05) is 11.4 Å². The highest BCUT2D eigenvalue weighted by molar-refractivity contribution is 5.71. The summed E-state index contributed by atoms with van der Waals surface area (Å²) in [5, 5.41) is 0. The number of esters is 1. The zero-order chi connectivity index (χ0) is 14.4. The van der Waals surface area contributed by atoms with Gasteiger partial charge < -0.3 is 15.2 Å². The number of ether oxygens (including phenoxy) is 2. The average Bonchev–Trinajstić information content (AvgIpc) is 2.45. The van der Waals surface area contributed by atoms with Gasteiger partial charge >= 0.3 is 5.97 Å². The highest BCUT2D eigenvalue weighted by Crippen LogP contribution is 2.13. The number of aryl methyl sites for hydroxylation is 1. The van der Waals surface area contributed by atoms with Crippen LogP contribution in [0, 0.1) is 6.92 Å². The summed E-state index contributed by atoms with van der Waals surface area (Å²) in [5.41, 5.74) is 7.80. The predicted octanol–water partition coefficient (Wildman–Crippen LogP) is 2.09. The summed E-state index contributed by atoms with van der Waals surface area (Å²) >= 11 is 0. The van der Waals surface area contributed by atoms with Crippen LogP contribution in [0.5, 0.6) is 5.75 Å². The van der Waals surface area contributed by atoms with Crippen molar-refractivity contribution in [2.45, 2.75) is 13.5 Å². The fraction of sp³-hybridized carbons (Fsp3) is 0.200. The van der Waals surface area contributed by atoms with E-state index in [1.54, 1.807) is 30.3 Å². The fourth-order valence-electron chi connectivity index (χ4n) is 1.58. The van der Waals surface area contributed by atoms with Gasteiger partial charge in [-0.1, -0.05) is 6.07 Å². The number of carbonyl (C=O) groups is 1. The number of rotatable bonds is 5. The van der Waals surface area contributed by atoms with Gasteiger partial charge in [0.15, 0.2) is 6.61 Å². The Morgan fingerprint density at radius 3 is 2.65 bits per heavy atom. The van der Waals surface area contributed by atoms with Gasteiger partial charge in [-0.2, -0.15) is 0 Å². The van der Waals surface area contributed by atoms with E-state index in [-0.39, 0.29) is 13.2 Å². The number of nitrogens with two attached hydrogens (primary N) is 1. The van der Waals surface area contributed by atoms with Crippen molar-refractivity contribution in [1.29, 1.82) is 0 Å². The normalized spacial score (nSPS) is 10.1. The number of nitrogens with zero attached hydrogens (tertiary/aromatic N) is 1. The van der Waals surface area contributed by atoms with Crippen LogP contribution in [-0.2, 0) is 16.1 Å². The maximum atomic E-state index is 11.5. The van der Waals surface area contributed by atoms with Crippen molar-refractivity contribution in [2.24, 2.45) is 0 Å². The molecule has 2 aromatic rings. The van der Waals surface area contributed by atoms with E-state index in [4.69, 9.17) is 15.2 Å². The molecule has 20 heavy (non-hydrogen) atoms. The second-order valence-corrected chi connectivity index (χ2v) is 4.29. The number of anilines is 1. The van der Waals surface area contributed by atoms with Crippen LogP contribution in [0.1, 0.15) is 11.4 Å². The fourth-order valence-corrected chi connectivity index (χ4v) is 1.58. The molecule has 0 saturated heterocycles. The lowest BCUT2D eigenvalue weighted by molar-refractivity contribution is -0.147. The SMILES string of the molecule is Cc1cccc(COC(=O)COc2ccc(N)cc2)n1. The summed E-state index contributed by atoms with van der Waals surface area (Å²) in [6.45, 7) is 1.89. The van der Waals surface area contributed by atoms with Crippen LogP contribution >= 0.6 is 0 Å². The molecule has 0 aliphatic rings. The molecule has 104 valence electrons. The molecule has 0 spiro atoms. The van der Waals surface area contributed by atoms with Crippen molar-refractivity contribution in [1.82, 2.24) is 4.98 Å². The maximum absolute atomic E-state index is 11.5. The van der Waals surface area contributed by atoms with Crippen LogP contribution in [-0.4, -0.2) is 17.6 Å². The first-order chi connectivity index (χ1) is 9.63. The molecule has 0 bridgehead atoms. The Kier molecular flexibility index (Phi) is 4.55. The molecule has 0 amide bonds. The van der Waals surface area contributed by atoms with Gasteiger partial charge in [0.05, 0.1) is 5.69 Å². The van der Waals surface area contributed by atoms with Crippen molar-refractivity contribution in [3.8, 4) is 5.75 Å². The molecule has 0 aliphatic heterocycles. The Morgan fingerprint density at radius 1 is 1.20 bits per heavy atom. The molecular weight excluding hydrogens is 256 g/mol. The second-order valence-electron chi connectivity index (χ2n) is 4.29. The number of nitrogen functional groups attached to an aromatic ring is 1. The van der Waals surface area contributed by atoms with Crippen LogP contribution < -0.4 is 10.5 Å². The first kappa shape index (κ1) is 13.9. The van der Waals surface area contributed by atoms with Gasteiger partial charge in [0.25, 0.3) is 0 Å². The Bertz CT molecular complexity index is 582. The highest BCUT2D eigenvalue weighted by atomic mass is 16.6. The highest BCUT2D eigenvalue weighted by Gasteiger charge is 2.05. The Hall–Kier alpha value is -2.56. The number of benzene rings is 1. The summed E-state index contributed by atoms with van der Waals surface area (Å²) in [5.74, 6) is 0.134. The van der Waals surface area contributed by atoms with E-state index in [1.165, 1.54) is 0 Å². The molecule has 0 fully saturated rings. The minimum atomic E-state index is -0.440. The number of pyridine rings is 1. The van der Waals surface area contributed by atoms with E-state index < -0.39 is 5.97 Å². The van der Waals surface area contributed by atoms with Gasteiger partial charge in [-0.15, -0.1) is 0 Å². The molecule has 1 aromatic carbocycles. The van der Waals surface area contributed by atoms with Crippen molar-refractivity contribution in [3.05, 3.63) is 53.9 Å². The quantitative estimate of drug-likeness (QED) is 0.666. The first-order valence-electron chi connectivity index (χ1n) is 6.20. The number of hydrogen-bond acceptors (Lipinski definition) is 5. The molecule has 5 nitrogen and oxygen atoms in total. The molecule has 0 aliphatic carbocycles. The molecule has 1 heterocycles. The molecule has 0 unspecified atom stereocenters. The van der Waals surface area contributed by atoms with E-state index >= 15 is 0 Å². The van der Waals surface area contributed by atoms with Crippen LogP contribution in [0.3, 0.4) is 0 Å². The first-order valence-corrected chi connectivity index (χ1v) is 6.20. The van der Waals surface area contributed by atoms with Gasteiger partial charge in [-0.3, -0.25) is 4.98 Å². The van der Waals surface area contributed by atoms with Crippen molar-refractivity contribution < 1.29 is 14.3 Å². The summed E-state index contributed by atoms with van der Waals surface area (Å²) in [6, 6.07) is 12.4. The van der Waals surface area contributed by atoms with E-state index in [2.05, 4.69) is 4.98 Å². The van der Waals surface area contributed by atoms with Gasteiger partial charge in [0.2, 0.25) is 0 Å². The third-order valence-corrected chi connectivity index (χ3v) is 2.56. The van der Waals surface area contributed by atoms with E-state index in [9.17, 15) is 4.79 Å². The standard InChI is InChI=1S/C15H16N2O3/c1-11-3-2-4-13(17-11)9-20-15(18)10-19-14-7-5-12(16)6-8-14/h2-8H,9-10,16H2,1H3. The number of aromatic nitrogens is 1. The van der Waals surface area contributed by atoms with Gasteiger partial charge in [-0.05, 0) is 43.3 Å². The van der Waals surface area contributed by atoms with Gasteiger partial charge in [0.1, 0.15) is 12.4 Å². The summed E-state index contributed by atoms with van der Waals surface area (Å²) in [7, 11) is 0.